The zero-order valence-electron chi connectivity index (χ0n) is 12.9. The second-order valence-electron chi connectivity index (χ2n) is 5.48. The molecule has 0 bridgehead atoms. The molecule has 1 unspecified atom stereocenters. The highest BCUT2D eigenvalue weighted by Gasteiger charge is 2.10. The first-order valence-electron chi connectivity index (χ1n) is 7.59. The van der Waals surface area contributed by atoms with Crippen molar-refractivity contribution in [2.45, 2.75) is 19.3 Å². The Kier molecular flexibility index (Phi) is 5.25. The van der Waals surface area contributed by atoms with Crippen molar-refractivity contribution >= 4 is 22.4 Å². The van der Waals surface area contributed by atoms with E-state index in [4.69, 9.17) is 16.3 Å². The first kappa shape index (κ1) is 16.6. The first-order chi connectivity index (χ1) is 11.6. The van der Waals surface area contributed by atoms with Crippen molar-refractivity contribution < 1.29 is 9.84 Å². The van der Waals surface area contributed by atoms with Crippen LogP contribution in [0.3, 0.4) is 0 Å². The van der Waals surface area contributed by atoms with Crippen LogP contribution in [0.1, 0.15) is 5.56 Å². The van der Waals surface area contributed by atoms with Gasteiger partial charge in [-0.05, 0) is 17.7 Å². The largest absolute Gasteiger partial charge is 0.389 e. The van der Waals surface area contributed by atoms with Gasteiger partial charge in [-0.2, -0.15) is 5.10 Å². The van der Waals surface area contributed by atoms with E-state index in [1.54, 1.807) is 24.4 Å². The molecule has 24 heavy (non-hydrogen) atoms. The topological polar surface area (TPSA) is 64.4 Å². The summed E-state index contributed by atoms with van der Waals surface area (Å²) >= 11 is 6.05. The van der Waals surface area contributed by atoms with Gasteiger partial charge in [0, 0.05) is 10.4 Å². The molecule has 1 N–H and O–H groups in total. The van der Waals surface area contributed by atoms with Crippen LogP contribution in [0.15, 0.2) is 59.5 Å². The third-order valence-corrected chi connectivity index (χ3v) is 4.04. The van der Waals surface area contributed by atoms with Crippen LogP contribution in [0.2, 0.25) is 5.02 Å². The lowest BCUT2D eigenvalue weighted by Crippen LogP contribution is -2.31. The molecule has 6 heteroatoms. The number of rotatable bonds is 6. The average molecular weight is 345 g/mol. The van der Waals surface area contributed by atoms with Crippen molar-refractivity contribution in [1.29, 1.82) is 0 Å². The summed E-state index contributed by atoms with van der Waals surface area (Å²) in [7, 11) is 0. The predicted molar refractivity (Wildman–Crippen MR) is 93.1 cm³/mol. The minimum atomic E-state index is -0.834. The summed E-state index contributed by atoms with van der Waals surface area (Å²) in [6, 6.07) is 14.6. The Morgan fingerprint density at radius 2 is 1.92 bits per heavy atom. The van der Waals surface area contributed by atoms with Crippen molar-refractivity contribution in [3.63, 3.8) is 0 Å². The lowest BCUT2D eigenvalue weighted by Gasteiger charge is -2.13. The third kappa shape index (κ3) is 3.82. The molecule has 0 fully saturated rings. The molecular formula is C18H17ClN2O3. The molecule has 5 nitrogen and oxygen atoms in total. The van der Waals surface area contributed by atoms with Crippen LogP contribution < -0.4 is 5.56 Å². The number of ether oxygens (including phenoxy) is 1. The number of aliphatic hydroxyl groups is 1. The van der Waals surface area contributed by atoms with Crippen LogP contribution in [0.25, 0.3) is 10.8 Å². The first-order valence-corrected chi connectivity index (χ1v) is 7.97. The average Bonchev–Trinajstić information content (AvgIpc) is 2.59. The number of aliphatic hydroxyl groups excluding tert-OH is 1. The molecule has 0 saturated heterocycles. The van der Waals surface area contributed by atoms with Gasteiger partial charge in [-0.1, -0.05) is 48.0 Å². The molecule has 0 aliphatic carbocycles. The molecule has 0 amide bonds. The normalized spacial score (nSPS) is 12.4. The van der Waals surface area contributed by atoms with Crippen molar-refractivity contribution in [3.05, 3.63) is 75.7 Å². The minimum absolute atomic E-state index is 0.0756. The summed E-state index contributed by atoms with van der Waals surface area (Å²) in [5, 5.41) is 16.2. The van der Waals surface area contributed by atoms with Gasteiger partial charge in [-0.3, -0.25) is 4.79 Å². The van der Waals surface area contributed by atoms with E-state index in [0.717, 1.165) is 10.9 Å². The highest BCUT2D eigenvalue weighted by Crippen LogP contribution is 2.15. The Hall–Kier alpha value is -2.21. The summed E-state index contributed by atoms with van der Waals surface area (Å²) in [6.07, 6.45) is 0.785. The number of aromatic nitrogens is 2. The summed E-state index contributed by atoms with van der Waals surface area (Å²) < 4.78 is 6.74. The van der Waals surface area contributed by atoms with E-state index in [2.05, 4.69) is 5.10 Å². The second kappa shape index (κ2) is 7.57. The van der Waals surface area contributed by atoms with Crippen molar-refractivity contribution in [2.24, 2.45) is 0 Å². The number of fused-ring (bicyclic) bond motifs is 1. The SMILES string of the molecule is O=c1c2ccccc2cnn1CC(O)COCc1ccccc1Cl. The molecule has 0 spiro atoms. The zero-order chi connectivity index (χ0) is 16.9. The smallest absolute Gasteiger partial charge is 0.274 e. The Bertz CT molecular complexity index is 895. The summed E-state index contributed by atoms with van der Waals surface area (Å²) in [5.74, 6) is 0. The molecule has 2 aromatic carbocycles. The van der Waals surface area contributed by atoms with E-state index in [0.29, 0.717) is 17.0 Å². The van der Waals surface area contributed by atoms with Gasteiger partial charge in [-0.15, -0.1) is 0 Å². The Labute approximate surface area is 144 Å². The van der Waals surface area contributed by atoms with Gasteiger partial charge in [0.05, 0.1) is 37.4 Å². The van der Waals surface area contributed by atoms with Gasteiger partial charge in [0.2, 0.25) is 0 Å². The van der Waals surface area contributed by atoms with Gasteiger partial charge < -0.3 is 9.84 Å². The van der Waals surface area contributed by atoms with Gasteiger partial charge in [0.15, 0.2) is 0 Å². The van der Waals surface area contributed by atoms with Crippen molar-refractivity contribution in [3.8, 4) is 0 Å². The van der Waals surface area contributed by atoms with Crippen LogP contribution in [0.4, 0.5) is 0 Å². The number of hydrogen-bond donors (Lipinski definition) is 1. The second-order valence-corrected chi connectivity index (χ2v) is 5.89. The Morgan fingerprint density at radius 1 is 1.17 bits per heavy atom. The molecule has 0 aliphatic heterocycles. The molecular weight excluding hydrogens is 328 g/mol. The maximum Gasteiger partial charge on any atom is 0.274 e. The Morgan fingerprint density at radius 3 is 2.75 bits per heavy atom. The van der Waals surface area contributed by atoms with Gasteiger partial charge in [-0.25, -0.2) is 4.68 Å². The van der Waals surface area contributed by atoms with E-state index in [1.807, 2.05) is 30.3 Å². The van der Waals surface area contributed by atoms with Gasteiger partial charge in [0.25, 0.3) is 5.56 Å². The lowest BCUT2D eigenvalue weighted by molar-refractivity contribution is 0.0181. The molecule has 1 atom stereocenters. The van der Waals surface area contributed by atoms with E-state index in [1.165, 1.54) is 4.68 Å². The molecule has 0 saturated carbocycles. The highest BCUT2D eigenvalue weighted by molar-refractivity contribution is 6.31. The lowest BCUT2D eigenvalue weighted by atomic mass is 10.2. The maximum atomic E-state index is 12.3. The fourth-order valence-corrected chi connectivity index (χ4v) is 2.62. The fraction of sp³-hybridized carbons (Fsp3) is 0.222. The van der Waals surface area contributed by atoms with Crippen LogP contribution in [0, 0.1) is 0 Å². The van der Waals surface area contributed by atoms with Gasteiger partial charge in [0.1, 0.15) is 0 Å². The molecule has 0 radical (unpaired) electrons. The maximum absolute atomic E-state index is 12.3. The number of benzene rings is 2. The molecule has 3 rings (SSSR count). The highest BCUT2D eigenvalue weighted by atomic mass is 35.5. The summed E-state index contributed by atoms with van der Waals surface area (Å²) in [6.45, 7) is 0.467. The zero-order valence-corrected chi connectivity index (χ0v) is 13.7. The third-order valence-electron chi connectivity index (χ3n) is 3.67. The van der Waals surface area contributed by atoms with Gasteiger partial charge >= 0.3 is 0 Å². The van der Waals surface area contributed by atoms with E-state index in [-0.39, 0.29) is 18.7 Å². The predicted octanol–water partition coefficient (Wildman–Crippen LogP) is 2.63. The standard InChI is InChI=1S/C18H17ClN2O3/c19-17-8-4-2-6-14(17)11-24-12-15(22)10-21-18(23)16-7-3-1-5-13(16)9-20-21/h1-9,15,22H,10-12H2. The molecule has 3 aromatic rings. The van der Waals surface area contributed by atoms with Crippen LogP contribution in [-0.4, -0.2) is 27.6 Å². The van der Waals surface area contributed by atoms with Crippen LogP contribution in [-0.2, 0) is 17.9 Å². The molecule has 1 heterocycles. The minimum Gasteiger partial charge on any atom is -0.389 e. The van der Waals surface area contributed by atoms with Crippen molar-refractivity contribution in [1.82, 2.24) is 9.78 Å². The summed E-state index contributed by atoms with van der Waals surface area (Å²) in [4.78, 5) is 12.3. The van der Waals surface area contributed by atoms with E-state index >= 15 is 0 Å². The number of halogens is 1. The Balaban J connectivity index is 1.61. The van der Waals surface area contributed by atoms with E-state index in [9.17, 15) is 9.90 Å². The van der Waals surface area contributed by atoms with Crippen molar-refractivity contribution in [2.75, 3.05) is 6.61 Å². The fourth-order valence-electron chi connectivity index (χ4n) is 2.43. The summed E-state index contributed by atoms with van der Waals surface area (Å²) in [5.41, 5.74) is 0.630. The van der Waals surface area contributed by atoms with E-state index < -0.39 is 6.10 Å². The quantitative estimate of drug-likeness (QED) is 0.746. The monoisotopic (exact) mass is 344 g/mol. The number of hydrogen-bond acceptors (Lipinski definition) is 4. The number of nitrogens with zero attached hydrogens (tertiary/aromatic N) is 2. The molecule has 124 valence electrons. The van der Waals surface area contributed by atoms with Crippen LogP contribution >= 0.6 is 11.6 Å². The molecule has 0 aliphatic rings. The van der Waals surface area contributed by atoms with Crippen LogP contribution in [0.5, 0.6) is 0 Å². The molecule has 1 aromatic heterocycles.